The van der Waals surface area contributed by atoms with Crippen molar-refractivity contribution in [3.63, 3.8) is 0 Å². The molecule has 52 heavy (non-hydrogen) atoms. The number of aromatic hydroxyl groups is 1. The fourth-order valence-electron chi connectivity index (χ4n) is 8.30. The molecule has 1 aliphatic carbocycles. The number of benzene rings is 3. The van der Waals surface area contributed by atoms with Gasteiger partial charge in [0.15, 0.2) is 0 Å². The number of fused-ring (bicyclic) bond motifs is 1. The molecule has 2 heterocycles. The van der Waals surface area contributed by atoms with Crippen LogP contribution in [0.3, 0.4) is 0 Å². The lowest BCUT2D eigenvalue weighted by Gasteiger charge is -2.44. The lowest BCUT2D eigenvalue weighted by molar-refractivity contribution is -0.138. The summed E-state index contributed by atoms with van der Waals surface area (Å²) in [6.07, 6.45) is 3.57. The van der Waals surface area contributed by atoms with Crippen LogP contribution in [0.4, 0.5) is 0 Å². The van der Waals surface area contributed by atoms with E-state index in [0.29, 0.717) is 12.0 Å². The molecule has 8 nitrogen and oxygen atoms in total. The molecular formula is C43H48N2O6Si. The molecule has 0 saturated carbocycles. The number of carbonyl (C=O) groups is 2. The van der Waals surface area contributed by atoms with Crippen LogP contribution in [0.2, 0.25) is 5.04 Å². The average Bonchev–Trinajstić information content (AvgIpc) is 3.36. The molecule has 1 aliphatic heterocycles. The molecule has 4 atom stereocenters. The minimum absolute atomic E-state index is 0.136. The molecule has 6 rings (SSSR count). The number of hydrogen-bond donors (Lipinski definition) is 3. The van der Waals surface area contributed by atoms with Gasteiger partial charge in [0.05, 0.1) is 36.8 Å². The van der Waals surface area contributed by atoms with E-state index in [0.717, 1.165) is 32.8 Å². The number of rotatable bonds is 12. The number of nitrogens with zero attached hydrogens (tertiary/aromatic N) is 2. The number of imide groups is 1. The summed E-state index contributed by atoms with van der Waals surface area (Å²) in [5.41, 5.74) is 3.73. The monoisotopic (exact) mass is 716 g/mol. The Morgan fingerprint density at radius 2 is 1.60 bits per heavy atom. The van der Waals surface area contributed by atoms with E-state index >= 15 is 0 Å². The van der Waals surface area contributed by atoms with Crippen LogP contribution >= 0.6 is 0 Å². The number of pyridine rings is 1. The number of likely N-dealkylation sites (tertiary alicyclic amines) is 1. The van der Waals surface area contributed by atoms with Gasteiger partial charge < -0.3 is 19.7 Å². The van der Waals surface area contributed by atoms with Crippen LogP contribution in [0, 0.1) is 17.8 Å². The Balaban J connectivity index is 1.42. The number of phenolic OH excluding ortho intramolecular Hbond substituents is 1. The molecule has 0 bridgehead atoms. The third kappa shape index (κ3) is 7.19. The van der Waals surface area contributed by atoms with Crippen molar-refractivity contribution in [2.24, 2.45) is 17.8 Å². The van der Waals surface area contributed by atoms with Crippen LogP contribution in [0.1, 0.15) is 51.3 Å². The van der Waals surface area contributed by atoms with Crippen LogP contribution in [0.15, 0.2) is 120 Å². The predicted octanol–water partition coefficient (Wildman–Crippen LogP) is 5.59. The van der Waals surface area contributed by atoms with Gasteiger partial charge in [-0.05, 0) is 87.3 Å². The normalized spacial score (nSPS) is 20.3. The molecule has 0 radical (unpaired) electrons. The van der Waals surface area contributed by atoms with Crippen LogP contribution in [0.5, 0.6) is 5.75 Å². The molecule has 4 aromatic rings. The number of allylic oxidation sites excluding steroid dienone is 1. The lowest BCUT2D eigenvalue weighted by atomic mass is 9.68. The number of hydrogen-bond acceptors (Lipinski definition) is 7. The number of aliphatic hydroxyl groups is 2. The fourth-order valence-corrected chi connectivity index (χ4v) is 12.8. The first-order valence-corrected chi connectivity index (χ1v) is 19.8. The van der Waals surface area contributed by atoms with Crippen molar-refractivity contribution >= 4 is 42.2 Å². The zero-order valence-corrected chi connectivity index (χ0v) is 31.3. The van der Waals surface area contributed by atoms with Crippen molar-refractivity contribution in [1.29, 1.82) is 0 Å². The van der Waals surface area contributed by atoms with Gasteiger partial charge in [0.2, 0.25) is 11.8 Å². The van der Waals surface area contributed by atoms with Gasteiger partial charge in [-0.15, -0.1) is 0 Å². The number of carbonyl (C=O) groups excluding carboxylic acids is 2. The van der Waals surface area contributed by atoms with Crippen molar-refractivity contribution < 1.29 is 29.3 Å². The zero-order valence-electron chi connectivity index (χ0n) is 30.3. The topological polar surface area (TPSA) is 120 Å². The minimum Gasteiger partial charge on any atom is -0.508 e. The Labute approximate surface area is 307 Å². The minimum atomic E-state index is -3.01. The van der Waals surface area contributed by atoms with Crippen LogP contribution in [0.25, 0.3) is 11.6 Å². The number of aliphatic hydroxyl groups excluding tert-OH is 2. The van der Waals surface area contributed by atoms with Gasteiger partial charge in [-0.25, -0.2) is 0 Å². The van der Waals surface area contributed by atoms with E-state index in [2.05, 4.69) is 50.0 Å². The molecule has 9 heteroatoms. The SMILES string of the molecule is CN1C(=O)[C@@H]2[C@@H](CC(CO[Si](c3ccccc3)(c3ccccc3)C(C)(C)C)=C([C@H](O)CC/C(=C/c3cccc(O)c3)c3ccccn3)[C@@H]2CO)C1=O. The molecule has 0 spiro atoms. The van der Waals surface area contributed by atoms with E-state index in [-0.39, 0.29) is 42.1 Å². The summed E-state index contributed by atoms with van der Waals surface area (Å²) in [6.45, 7) is 6.33. The maximum atomic E-state index is 13.5. The Bertz CT molecular complexity index is 1900. The third-order valence-electron chi connectivity index (χ3n) is 10.7. The zero-order chi connectivity index (χ0) is 37.0. The summed E-state index contributed by atoms with van der Waals surface area (Å²) >= 11 is 0. The van der Waals surface area contributed by atoms with Gasteiger partial charge in [-0.2, -0.15) is 0 Å². The Kier molecular flexibility index (Phi) is 11.1. The highest BCUT2D eigenvalue weighted by Crippen LogP contribution is 2.47. The largest absolute Gasteiger partial charge is 0.508 e. The van der Waals surface area contributed by atoms with E-state index in [1.54, 1.807) is 24.4 Å². The molecule has 1 aromatic heterocycles. The first-order valence-electron chi connectivity index (χ1n) is 17.9. The van der Waals surface area contributed by atoms with E-state index in [4.69, 9.17) is 4.43 Å². The Hall–Kier alpha value is -4.67. The summed E-state index contributed by atoms with van der Waals surface area (Å²) in [4.78, 5) is 32.7. The second kappa shape index (κ2) is 15.5. The highest BCUT2D eigenvalue weighted by molar-refractivity contribution is 6.99. The maximum absolute atomic E-state index is 13.5. The second-order valence-electron chi connectivity index (χ2n) is 14.9. The highest BCUT2D eigenvalue weighted by Gasteiger charge is 2.55. The smallest absolute Gasteiger partial charge is 0.261 e. The summed E-state index contributed by atoms with van der Waals surface area (Å²) in [7, 11) is -1.52. The summed E-state index contributed by atoms with van der Waals surface area (Å²) < 4.78 is 7.33. The Morgan fingerprint density at radius 3 is 2.17 bits per heavy atom. The van der Waals surface area contributed by atoms with Gasteiger partial charge in [0.25, 0.3) is 8.32 Å². The molecule has 2 aliphatic rings. The molecule has 3 N–H and O–H groups in total. The molecule has 1 saturated heterocycles. The van der Waals surface area contributed by atoms with Gasteiger partial charge in [0.1, 0.15) is 5.75 Å². The molecular weight excluding hydrogens is 669 g/mol. The first-order chi connectivity index (χ1) is 25.0. The molecule has 1 fully saturated rings. The van der Waals surface area contributed by atoms with Gasteiger partial charge in [-0.1, -0.05) is 99.6 Å². The lowest BCUT2D eigenvalue weighted by Crippen LogP contribution is -2.66. The van der Waals surface area contributed by atoms with Crippen molar-refractivity contribution in [3.8, 4) is 5.75 Å². The quantitative estimate of drug-likeness (QED) is 0.0995. The summed E-state index contributed by atoms with van der Waals surface area (Å²) in [6, 6.07) is 33.2. The van der Waals surface area contributed by atoms with E-state index < -0.39 is 38.8 Å². The second-order valence-corrected chi connectivity index (χ2v) is 19.2. The fraction of sp³-hybridized carbons (Fsp3) is 0.326. The van der Waals surface area contributed by atoms with Crippen molar-refractivity contribution in [2.75, 3.05) is 20.3 Å². The maximum Gasteiger partial charge on any atom is 0.261 e. The number of phenols is 1. The molecule has 270 valence electrons. The summed E-state index contributed by atoms with van der Waals surface area (Å²) in [5.74, 6) is -2.60. The van der Waals surface area contributed by atoms with Crippen LogP contribution in [-0.2, 0) is 14.0 Å². The molecule has 2 amide bonds. The van der Waals surface area contributed by atoms with E-state index in [1.165, 1.54) is 11.9 Å². The van der Waals surface area contributed by atoms with Crippen molar-refractivity contribution in [1.82, 2.24) is 9.88 Å². The third-order valence-corrected chi connectivity index (χ3v) is 15.7. The Morgan fingerprint density at radius 1 is 0.942 bits per heavy atom. The van der Waals surface area contributed by atoms with Gasteiger partial charge in [-0.3, -0.25) is 19.5 Å². The van der Waals surface area contributed by atoms with Gasteiger partial charge in [0, 0.05) is 19.2 Å². The van der Waals surface area contributed by atoms with E-state index in [9.17, 15) is 24.9 Å². The summed E-state index contributed by atoms with van der Waals surface area (Å²) in [5, 5.41) is 35.2. The van der Waals surface area contributed by atoms with Gasteiger partial charge >= 0.3 is 0 Å². The van der Waals surface area contributed by atoms with Crippen LogP contribution in [-0.4, -0.2) is 71.7 Å². The number of aromatic nitrogens is 1. The van der Waals surface area contributed by atoms with Crippen LogP contribution < -0.4 is 10.4 Å². The number of amides is 2. The highest BCUT2D eigenvalue weighted by atomic mass is 28.4. The standard InChI is InChI=1S/C43H48N2O6Si/c1-43(2,3)52(33-16-7-5-8-17-33,34-18-9-6-10-19-34)51-28-31-26-35-40(42(50)45(4)41(35)49)36(27-46)39(31)38(48)22-21-30(37-20-11-12-23-44-37)24-29-14-13-15-32(47)25-29/h5-20,23-25,35-36,38,40,46-48H,21-22,26-28H2,1-4H3/b30-24-/t35-,36+,38-,40-/m1/s1. The molecule has 0 unspecified atom stereocenters. The predicted molar refractivity (Wildman–Crippen MR) is 206 cm³/mol. The molecule has 3 aromatic carbocycles. The van der Waals surface area contributed by atoms with Crippen molar-refractivity contribution in [3.05, 3.63) is 132 Å². The van der Waals surface area contributed by atoms with Crippen molar-refractivity contribution in [2.45, 2.75) is 51.2 Å². The van der Waals surface area contributed by atoms with E-state index in [1.807, 2.05) is 66.7 Å². The average molecular weight is 717 g/mol. The first kappa shape index (κ1) is 37.1.